The molecular weight excluding hydrogens is 246 g/mol. The van der Waals surface area contributed by atoms with E-state index in [1.165, 1.54) is 31.2 Å². The summed E-state index contributed by atoms with van der Waals surface area (Å²) in [7, 11) is 0. The van der Waals surface area contributed by atoms with E-state index in [4.69, 9.17) is 16.3 Å². The number of hydrogen-bond acceptors (Lipinski definition) is 2. The normalized spacial score (nSPS) is 27.3. The van der Waals surface area contributed by atoms with Crippen LogP contribution in [0, 0.1) is 5.41 Å². The Morgan fingerprint density at radius 1 is 1.28 bits per heavy atom. The average Bonchev–Trinajstić information content (AvgIpc) is 2.71. The second-order valence-electron chi connectivity index (χ2n) is 5.69. The van der Waals surface area contributed by atoms with Gasteiger partial charge < -0.3 is 10.1 Å². The Morgan fingerprint density at radius 2 is 2.11 bits per heavy atom. The van der Waals surface area contributed by atoms with Crippen molar-refractivity contribution in [1.82, 2.24) is 5.32 Å². The molecule has 0 bridgehead atoms. The van der Waals surface area contributed by atoms with Crippen LogP contribution in [0.2, 0.25) is 5.02 Å². The predicted octanol–water partition coefficient (Wildman–Crippen LogP) is 3.56. The van der Waals surface area contributed by atoms with Gasteiger partial charge in [0.15, 0.2) is 0 Å². The third-order valence-electron chi connectivity index (χ3n) is 4.31. The fourth-order valence-corrected chi connectivity index (χ4v) is 3.42. The minimum absolute atomic E-state index is 0.142. The molecule has 2 fully saturated rings. The lowest BCUT2D eigenvalue weighted by molar-refractivity contribution is 0.0158. The van der Waals surface area contributed by atoms with Crippen LogP contribution in [0.15, 0.2) is 24.3 Å². The van der Waals surface area contributed by atoms with E-state index in [1.54, 1.807) is 0 Å². The molecule has 3 heteroatoms. The van der Waals surface area contributed by atoms with Crippen molar-refractivity contribution in [2.45, 2.75) is 31.8 Å². The van der Waals surface area contributed by atoms with E-state index in [1.807, 2.05) is 18.2 Å². The lowest BCUT2D eigenvalue weighted by Crippen LogP contribution is -2.32. The van der Waals surface area contributed by atoms with Crippen molar-refractivity contribution in [1.29, 1.82) is 0 Å². The van der Waals surface area contributed by atoms with Crippen LogP contribution in [0.1, 0.15) is 37.4 Å². The average molecular weight is 266 g/mol. The van der Waals surface area contributed by atoms with Crippen LogP contribution in [-0.2, 0) is 4.74 Å². The van der Waals surface area contributed by atoms with Crippen LogP contribution in [0.3, 0.4) is 0 Å². The molecular formula is C15H20ClNO. The zero-order valence-electron chi connectivity index (χ0n) is 10.6. The predicted molar refractivity (Wildman–Crippen MR) is 73.9 cm³/mol. The van der Waals surface area contributed by atoms with Gasteiger partial charge in [-0.15, -0.1) is 0 Å². The van der Waals surface area contributed by atoms with Gasteiger partial charge >= 0.3 is 0 Å². The molecule has 2 nitrogen and oxygen atoms in total. The standard InChI is InChI=1S/C15H20ClNO/c16-13-5-3-4-12(8-13)14-9-17-10-15(11-18-14)6-1-2-7-15/h3-5,8,14,17H,1-2,6-7,9-11H2. The highest BCUT2D eigenvalue weighted by atomic mass is 35.5. The number of benzene rings is 1. The van der Waals surface area contributed by atoms with Crippen molar-refractivity contribution >= 4 is 11.6 Å². The number of halogens is 1. The van der Waals surface area contributed by atoms with Crippen molar-refractivity contribution in [3.8, 4) is 0 Å². The molecule has 18 heavy (non-hydrogen) atoms. The largest absolute Gasteiger partial charge is 0.372 e. The Balaban J connectivity index is 1.72. The number of nitrogens with one attached hydrogen (secondary N) is 1. The molecule has 0 radical (unpaired) electrons. The Hall–Kier alpha value is -0.570. The second kappa shape index (κ2) is 5.20. The molecule has 1 aliphatic carbocycles. The summed E-state index contributed by atoms with van der Waals surface area (Å²) in [6.45, 7) is 2.88. The summed E-state index contributed by atoms with van der Waals surface area (Å²) >= 11 is 6.05. The summed E-state index contributed by atoms with van der Waals surface area (Å²) in [5.41, 5.74) is 1.58. The van der Waals surface area contributed by atoms with Gasteiger partial charge in [0.2, 0.25) is 0 Å². The van der Waals surface area contributed by atoms with Crippen LogP contribution in [0.25, 0.3) is 0 Å². The summed E-state index contributed by atoms with van der Waals surface area (Å²) in [6.07, 6.45) is 5.47. The number of ether oxygens (including phenoxy) is 1. The zero-order chi connectivity index (χ0) is 12.4. The lowest BCUT2D eigenvalue weighted by Gasteiger charge is -2.26. The summed E-state index contributed by atoms with van der Waals surface area (Å²) in [6, 6.07) is 8.02. The molecule has 0 aromatic heterocycles. The van der Waals surface area contributed by atoms with E-state index in [0.717, 1.165) is 24.7 Å². The van der Waals surface area contributed by atoms with Gasteiger partial charge in [-0.1, -0.05) is 36.6 Å². The SMILES string of the molecule is Clc1cccc(C2CNCC3(CCCC3)CO2)c1. The first kappa shape index (κ1) is 12.5. The van der Waals surface area contributed by atoms with E-state index in [9.17, 15) is 0 Å². The molecule has 1 saturated carbocycles. The van der Waals surface area contributed by atoms with Crippen molar-refractivity contribution in [3.05, 3.63) is 34.9 Å². The maximum absolute atomic E-state index is 6.16. The summed E-state index contributed by atoms with van der Waals surface area (Å²) in [4.78, 5) is 0. The van der Waals surface area contributed by atoms with E-state index >= 15 is 0 Å². The Bertz CT molecular complexity index is 415. The summed E-state index contributed by atoms with van der Waals surface area (Å²) in [5, 5.41) is 4.37. The maximum atomic E-state index is 6.16. The first-order valence-corrected chi connectivity index (χ1v) is 7.23. The minimum atomic E-state index is 0.142. The van der Waals surface area contributed by atoms with Crippen molar-refractivity contribution in [2.24, 2.45) is 5.41 Å². The van der Waals surface area contributed by atoms with Gasteiger partial charge in [0.25, 0.3) is 0 Å². The van der Waals surface area contributed by atoms with Gasteiger partial charge in [-0.25, -0.2) is 0 Å². The quantitative estimate of drug-likeness (QED) is 0.838. The Labute approximate surface area is 114 Å². The molecule has 1 atom stereocenters. The van der Waals surface area contributed by atoms with Gasteiger partial charge in [-0.05, 0) is 30.5 Å². The fourth-order valence-electron chi connectivity index (χ4n) is 3.22. The Kier molecular flexibility index (Phi) is 3.60. The molecule has 1 N–H and O–H groups in total. The molecule has 0 amide bonds. The first-order chi connectivity index (χ1) is 8.77. The van der Waals surface area contributed by atoms with Crippen LogP contribution < -0.4 is 5.32 Å². The van der Waals surface area contributed by atoms with Crippen molar-refractivity contribution in [2.75, 3.05) is 19.7 Å². The smallest absolute Gasteiger partial charge is 0.0950 e. The third kappa shape index (κ3) is 2.56. The molecule has 1 spiro atoms. The highest BCUT2D eigenvalue weighted by Crippen LogP contribution is 2.40. The van der Waals surface area contributed by atoms with Gasteiger partial charge in [0.1, 0.15) is 0 Å². The second-order valence-corrected chi connectivity index (χ2v) is 6.13. The van der Waals surface area contributed by atoms with E-state index in [0.29, 0.717) is 5.41 Å². The van der Waals surface area contributed by atoms with Crippen LogP contribution in [0.4, 0.5) is 0 Å². The lowest BCUT2D eigenvalue weighted by atomic mass is 9.87. The molecule has 3 rings (SSSR count). The minimum Gasteiger partial charge on any atom is -0.372 e. The van der Waals surface area contributed by atoms with Crippen molar-refractivity contribution < 1.29 is 4.74 Å². The molecule has 1 saturated heterocycles. The molecule has 1 aromatic rings. The van der Waals surface area contributed by atoms with E-state index < -0.39 is 0 Å². The van der Waals surface area contributed by atoms with Gasteiger partial charge in [0.05, 0.1) is 12.7 Å². The topological polar surface area (TPSA) is 21.3 Å². The van der Waals surface area contributed by atoms with Crippen molar-refractivity contribution in [3.63, 3.8) is 0 Å². The highest BCUT2D eigenvalue weighted by Gasteiger charge is 2.36. The molecule has 1 heterocycles. The number of rotatable bonds is 1. The van der Waals surface area contributed by atoms with Gasteiger partial charge in [-0.3, -0.25) is 0 Å². The fraction of sp³-hybridized carbons (Fsp3) is 0.600. The molecule has 1 aliphatic heterocycles. The van der Waals surface area contributed by atoms with Crippen LogP contribution >= 0.6 is 11.6 Å². The third-order valence-corrected chi connectivity index (χ3v) is 4.54. The van der Waals surface area contributed by atoms with Crippen LogP contribution in [0.5, 0.6) is 0 Å². The summed E-state index contributed by atoms with van der Waals surface area (Å²) < 4.78 is 6.16. The molecule has 1 unspecified atom stereocenters. The van der Waals surface area contributed by atoms with Crippen LogP contribution in [-0.4, -0.2) is 19.7 Å². The zero-order valence-corrected chi connectivity index (χ0v) is 11.4. The molecule has 2 aliphatic rings. The highest BCUT2D eigenvalue weighted by molar-refractivity contribution is 6.30. The molecule has 98 valence electrons. The molecule has 1 aromatic carbocycles. The van der Waals surface area contributed by atoms with Gasteiger partial charge in [-0.2, -0.15) is 0 Å². The maximum Gasteiger partial charge on any atom is 0.0950 e. The number of hydrogen-bond donors (Lipinski definition) is 1. The first-order valence-electron chi connectivity index (χ1n) is 6.85. The van der Waals surface area contributed by atoms with E-state index in [2.05, 4.69) is 11.4 Å². The monoisotopic (exact) mass is 265 g/mol. The van der Waals surface area contributed by atoms with E-state index in [-0.39, 0.29) is 6.10 Å². The summed E-state index contributed by atoms with van der Waals surface area (Å²) in [5.74, 6) is 0. The van der Waals surface area contributed by atoms with Gasteiger partial charge in [0, 0.05) is 23.5 Å². The Morgan fingerprint density at radius 3 is 2.89 bits per heavy atom.